The topological polar surface area (TPSA) is 105 Å². The van der Waals surface area contributed by atoms with Crippen LogP contribution in [0.5, 0.6) is 5.75 Å². The van der Waals surface area contributed by atoms with Crippen molar-refractivity contribution < 1.29 is 22.7 Å². The number of ether oxygens (including phenoxy) is 1. The molecule has 1 aromatic carbocycles. The van der Waals surface area contributed by atoms with E-state index in [1.165, 1.54) is 0 Å². The van der Waals surface area contributed by atoms with Crippen LogP contribution in [-0.2, 0) is 19.6 Å². The second-order valence-corrected chi connectivity index (χ2v) is 9.16. The molecule has 2 unspecified atom stereocenters. The summed E-state index contributed by atoms with van der Waals surface area (Å²) < 4.78 is 30.5. The van der Waals surface area contributed by atoms with E-state index in [1.807, 2.05) is 37.3 Å². The van der Waals surface area contributed by atoms with Crippen molar-refractivity contribution in [2.75, 3.05) is 32.5 Å². The molecule has 0 bridgehead atoms. The highest BCUT2D eigenvalue weighted by atomic mass is 32.2. The van der Waals surface area contributed by atoms with E-state index in [0.717, 1.165) is 18.4 Å². The van der Waals surface area contributed by atoms with Crippen molar-refractivity contribution in [1.29, 1.82) is 0 Å². The molecule has 0 spiro atoms. The fraction of sp³-hybridized carbons (Fsp3) is 0.600. The molecular weight excluding hydrogens is 394 g/mol. The zero-order valence-corrected chi connectivity index (χ0v) is 17.9. The van der Waals surface area contributed by atoms with Crippen LogP contribution in [0.2, 0.25) is 0 Å². The van der Waals surface area contributed by atoms with E-state index in [-0.39, 0.29) is 36.7 Å². The van der Waals surface area contributed by atoms with Gasteiger partial charge in [-0.1, -0.05) is 25.1 Å². The third-order valence-corrected chi connectivity index (χ3v) is 5.59. The molecule has 2 N–H and O–H groups in total. The van der Waals surface area contributed by atoms with Crippen LogP contribution < -0.4 is 14.8 Å². The summed E-state index contributed by atoms with van der Waals surface area (Å²) in [4.78, 5) is 26.8. The minimum atomic E-state index is -3.31. The fourth-order valence-electron chi connectivity index (χ4n) is 3.22. The molecule has 2 amide bonds. The number of rotatable bonds is 10. The molecule has 1 fully saturated rings. The second kappa shape index (κ2) is 11.2. The van der Waals surface area contributed by atoms with Crippen LogP contribution >= 0.6 is 0 Å². The molecule has 0 saturated carbocycles. The first-order valence-electron chi connectivity index (χ1n) is 9.99. The van der Waals surface area contributed by atoms with Gasteiger partial charge in [-0.15, -0.1) is 0 Å². The minimum Gasteiger partial charge on any atom is -0.493 e. The van der Waals surface area contributed by atoms with Gasteiger partial charge in [0, 0.05) is 25.7 Å². The Morgan fingerprint density at radius 2 is 2.00 bits per heavy atom. The van der Waals surface area contributed by atoms with E-state index in [1.54, 1.807) is 4.90 Å². The van der Waals surface area contributed by atoms with E-state index in [9.17, 15) is 18.0 Å². The Hall–Kier alpha value is -2.13. The lowest BCUT2D eigenvalue weighted by Gasteiger charge is -2.33. The number of hydrogen-bond donors (Lipinski definition) is 2. The van der Waals surface area contributed by atoms with Gasteiger partial charge in [0.15, 0.2) is 0 Å². The molecule has 162 valence electrons. The number of likely N-dealkylation sites (tertiary alicyclic amines) is 1. The Labute approximate surface area is 173 Å². The summed E-state index contributed by atoms with van der Waals surface area (Å²) in [5.74, 6) is 0.286. The van der Waals surface area contributed by atoms with Gasteiger partial charge in [-0.3, -0.25) is 9.59 Å². The number of nitrogens with one attached hydrogen (secondary N) is 2. The third-order valence-electron chi connectivity index (χ3n) is 4.90. The van der Waals surface area contributed by atoms with Crippen molar-refractivity contribution in [2.24, 2.45) is 5.92 Å². The van der Waals surface area contributed by atoms with Gasteiger partial charge in [-0.2, -0.15) is 0 Å². The zero-order chi connectivity index (χ0) is 21.3. The highest BCUT2D eigenvalue weighted by molar-refractivity contribution is 7.88. The number of sulfonamides is 1. The second-order valence-electron chi connectivity index (χ2n) is 7.32. The van der Waals surface area contributed by atoms with Crippen molar-refractivity contribution in [2.45, 2.75) is 38.6 Å². The van der Waals surface area contributed by atoms with E-state index >= 15 is 0 Å². The van der Waals surface area contributed by atoms with Gasteiger partial charge >= 0.3 is 0 Å². The fourth-order valence-corrected chi connectivity index (χ4v) is 3.72. The molecule has 2 atom stereocenters. The summed E-state index contributed by atoms with van der Waals surface area (Å²) in [6.07, 6.45) is 3.45. The number of benzene rings is 1. The normalized spacial score (nSPS) is 18.1. The van der Waals surface area contributed by atoms with Gasteiger partial charge in [0.1, 0.15) is 5.75 Å². The molecule has 0 radical (unpaired) electrons. The van der Waals surface area contributed by atoms with Crippen LogP contribution in [0.3, 0.4) is 0 Å². The van der Waals surface area contributed by atoms with Crippen molar-refractivity contribution in [3.05, 3.63) is 30.3 Å². The summed E-state index contributed by atoms with van der Waals surface area (Å²) in [6.45, 7) is 3.36. The quantitative estimate of drug-likeness (QED) is 0.585. The average molecular weight is 426 g/mol. The third kappa shape index (κ3) is 8.41. The van der Waals surface area contributed by atoms with E-state index < -0.39 is 10.0 Å². The summed E-state index contributed by atoms with van der Waals surface area (Å²) in [6, 6.07) is 9.06. The number of carbonyl (C=O) groups is 2. The van der Waals surface area contributed by atoms with Crippen molar-refractivity contribution in [3.8, 4) is 5.75 Å². The molecule has 1 aromatic rings. The molecular formula is C20H31N3O5S. The van der Waals surface area contributed by atoms with Crippen LogP contribution in [0.25, 0.3) is 0 Å². The Bertz CT molecular complexity index is 770. The average Bonchev–Trinajstić information content (AvgIpc) is 2.71. The lowest BCUT2D eigenvalue weighted by Crippen LogP contribution is -2.50. The molecule has 0 aliphatic carbocycles. The van der Waals surface area contributed by atoms with Crippen LogP contribution in [0.15, 0.2) is 30.3 Å². The Morgan fingerprint density at radius 1 is 1.28 bits per heavy atom. The van der Waals surface area contributed by atoms with Gasteiger partial charge in [0.2, 0.25) is 21.8 Å². The highest BCUT2D eigenvalue weighted by Gasteiger charge is 2.29. The maximum Gasteiger partial charge on any atom is 0.226 e. The summed E-state index contributed by atoms with van der Waals surface area (Å²) in [5, 5.41) is 2.90. The van der Waals surface area contributed by atoms with Gasteiger partial charge in [0.25, 0.3) is 0 Å². The van der Waals surface area contributed by atoms with Crippen molar-refractivity contribution in [3.63, 3.8) is 0 Å². The van der Waals surface area contributed by atoms with Crippen LogP contribution in [0, 0.1) is 5.92 Å². The first-order valence-corrected chi connectivity index (χ1v) is 11.9. The molecule has 0 aromatic heterocycles. The minimum absolute atomic E-state index is 0.0239. The summed E-state index contributed by atoms with van der Waals surface area (Å²) in [7, 11) is -3.31. The Balaban J connectivity index is 1.79. The number of nitrogens with zero attached hydrogens (tertiary/aromatic N) is 1. The summed E-state index contributed by atoms with van der Waals surface area (Å²) >= 11 is 0. The highest BCUT2D eigenvalue weighted by Crippen LogP contribution is 2.18. The predicted octanol–water partition coefficient (Wildman–Crippen LogP) is 1.14. The first kappa shape index (κ1) is 23.2. The molecule has 9 heteroatoms. The largest absolute Gasteiger partial charge is 0.493 e. The van der Waals surface area contributed by atoms with E-state index in [2.05, 4.69) is 10.0 Å². The SMILES string of the molecule is CCC(CNS(C)(=O)=O)NC(=O)C1CCCN(C(=O)CCOc2ccccc2)C1. The molecule has 2 rings (SSSR count). The molecule has 8 nitrogen and oxygen atoms in total. The van der Waals surface area contributed by atoms with Crippen molar-refractivity contribution >= 4 is 21.8 Å². The number of carbonyl (C=O) groups excluding carboxylic acids is 2. The maximum absolute atomic E-state index is 12.6. The number of piperidine rings is 1. The lowest BCUT2D eigenvalue weighted by atomic mass is 9.96. The van der Waals surface area contributed by atoms with Crippen LogP contribution in [0.1, 0.15) is 32.6 Å². The Kier molecular flexibility index (Phi) is 8.91. The van der Waals surface area contributed by atoms with Crippen LogP contribution in [-0.4, -0.2) is 63.7 Å². The van der Waals surface area contributed by atoms with Crippen molar-refractivity contribution in [1.82, 2.24) is 14.9 Å². The van der Waals surface area contributed by atoms with Gasteiger partial charge in [-0.05, 0) is 31.4 Å². The maximum atomic E-state index is 12.6. The lowest BCUT2D eigenvalue weighted by molar-refractivity contribution is -0.136. The zero-order valence-electron chi connectivity index (χ0n) is 17.1. The first-order chi connectivity index (χ1) is 13.8. The molecule has 1 saturated heterocycles. The van der Waals surface area contributed by atoms with Gasteiger partial charge < -0.3 is 15.0 Å². The predicted molar refractivity (Wildman–Crippen MR) is 111 cm³/mol. The Morgan fingerprint density at radius 3 is 2.66 bits per heavy atom. The van der Waals surface area contributed by atoms with Gasteiger partial charge in [-0.25, -0.2) is 13.1 Å². The number of para-hydroxylation sites is 1. The summed E-state index contributed by atoms with van der Waals surface area (Å²) in [5.41, 5.74) is 0. The standard InChI is InChI=1S/C20H31N3O5S/c1-3-17(14-21-29(2,26)27)22-20(25)16-8-7-12-23(15-16)19(24)11-13-28-18-9-5-4-6-10-18/h4-6,9-10,16-17,21H,3,7-8,11-15H2,1-2H3,(H,22,25). The smallest absolute Gasteiger partial charge is 0.226 e. The number of hydrogen-bond acceptors (Lipinski definition) is 5. The molecule has 1 heterocycles. The van der Waals surface area contributed by atoms with E-state index in [0.29, 0.717) is 32.5 Å². The number of amides is 2. The van der Waals surface area contributed by atoms with E-state index in [4.69, 9.17) is 4.74 Å². The van der Waals surface area contributed by atoms with Gasteiger partial charge in [0.05, 0.1) is 25.2 Å². The molecule has 29 heavy (non-hydrogen) atoms. The monoisotopic (exact) mass is 425 g/mol. The molecule has 1 aliphatic rings. The van der Waals surface area contributed by atoms with Crippen LogP contribution in [0.4, 0.5) is 0 Å². The molecule has 1 aliphatic heterocycles.